The highest BCUT2D eigenvalue weighted by Crippen LogP contribution is 2.38. The first-order valence-corrected chi connectivity index (χ1v) is 9.18. The minimum atomic E-state index is -4.84. The van der Waals surface area contributed by atoms with Crippen LogP contribution in [0.15, 0.2) is 47.4 Å². The fraction of sp³-hybridized carbons (Fsp3) is 0.263. The third kappa shape index (κ3) is 5.67. The van der Waals surface area contributed by atoms with Gasteiger partial charge in [0.15, 0.2) is 0 Å². The molecule has 0 saturated carbocycles. The summed E-state index contributed by atoms with van der Waals surface area (Å²) in [6.07, 6.45) is -9.47. The molecule has 0 aliphatic rings. The molecule has 0 bridgehead atoms. The number of halogens is 6. The monoisotopic (exact) mass is 448 g/mol. The van der Waals surface area contributed by atoms with Crippen LogP contribution >= 0.6 is 11.8 Å². The van der Waals surface area contributed by atoms with Crippen molar-refractivity contribution in [3.63, 3.8) is 0 Å². The Kier molecular flexibility index (Phi) is 6.73. The fourth-order valence-electron chi connectivity index (χ4n) is 2.33. The first kappa shape index (κ1) is 23.6. The lowest BCUT2D eigenvalue weighted by molar-refractivity contribution is -0.140. The van der Waals surface area contributed by atoms with E-state index < -0.39 is 46.3 Å². The first-order valence-electron chi connectivity index (χ1n) is 8.20. The van der Waals surface area contributed by atoms with Crippen LogP contribution in [0, 0.1) is 11.3 Å². The van der Waals surface area contributed by atoms with Gasteiger partial charge < -0.3 is 10.4 Å². The van der Waals surface area contributed by atoms with Crippen LogP contribution in [0.1, 0.15) is 23.6 Å². The standard InChI is InChI=1S/C19H14F6N2O2S/c1-17(29,10-30-15-5-3-2-4-13(15)18(20,21)22)16(28)27-12-7-6-11(9-26)14(8-12)19(23,24)25/h2-8,29H,10H2,1H3,(H,27,28). The number of thioether (sulfide) groups is 1. The minimum absolute atomic E-state index is 0.212. The van der Waals surface area contributed by atoms with Crippen molar-refractivity contribution in [1.82, 2.24) is 0 Å². The van der Waals surface area contributed by atoms with Gasteiger partial charge in [-0.05, 0) is 37.3 Å². The van der Waals surface area contributed by atoms with E-state index in [-0.39, 0.29) is 10.6 Å². The van der Waals surface area contributed by atoms with Crippen LogP contribution in [-0.2, 0) is 17.1 Å². The predicted molar refractivity (Wildman–Crippen MR) is 97.6 cm³/mol. The molecule has 2 aromatic rings. The molecular weight excluding hydrogens is 434 g/mol. The molecule has 2 aromatic carbocycles. The Labute approximate surface area is 171 Å². The van der Waals surface area contributed by atoms with Crippen molar-refractivity contribution in [1.29, 1.82) is 5.26 Å². The van der Waals surface area contributed by atoms with Gasteiger partial charge in [0.1, 0.15) is 5.60 Å². The maximum Gasteiger partial charge on any atom is 0.417 e. The highest BCUT2D eigenvalue weighted by Gasteiger charge is 2.37. The lowest BCUT2D eigenvalue weighted by Crippen LogP contribution is -2.42. The van der Waals surface area contributed by atoms with E-state index in [0.29, 0.717) is 17.8 Å². The zero-order chi connectivity index (χ0) is 22.7. The summed E-state index contributed by atoms with van der Waals surface area (Å²) in [5.41, 5.74) is -5.38. The van der Waals surface area contributed by atoms with Gasteiger partial charge in [0.25, 0.3) is 5.91 Å². The lowest BCUT2D eigenvalue weighted by Gasteiger charge is -2.23. The second-order valence-corrected chi connectivity index (χ2v) is 7.40. The van der Waals surface area contributed by atoms with E-state index in [0.717, 1.165) is 25.1 Å². The molecule has 160 valence electrons. The van der Waals surface area contributed by atoms with Gasteiger partial charge in [0, 0.05) is 16.3 Å². The van der Waals surface area contributed by atoms with Gasteiger partial charge in [-0.3, -0.25) is 4.79 Å². The Morgan fingerprint density at radius 3 is 2.23 bits per heavy atom. The molecule has 30 heavy (non-hydrogen) atoms. The fourth-order valence-corrected chi connectivity index (χ4v) is 3.41. The van der Waals surface area contributed by atoms with Crippen LogP contribution in [0.5, 0.6) is 0 Å². The van der Waals surface area contributed by atoms with Gasteiger partial charge >= 0.3 is 12.4 Å². The zero-order valence-electron chi connectivity index (χ0n) is 15.2. The number of aliphatic hydroxyl groups is 1. The van der Waals surface area contributed by atoms with Crippen molar-refractivity contribution in [3.8, 4) is 6.07 Å². The van der Waals surface area contributed by atoms with Crippen LogP contribution in [0.2, 0.25) is 0 Å². The molecule has 11 heteroatoms. The molecule has 0 aliphatic carbocycles. The van der Waals surface area contributed by atoms with Gasteiger partial charge in [-0.15, -0.1) is 11.8 Å². The molecule has 0 radical (unpaired) electrons. The maximum absolute atomic E-state index is 13.0. The van der Waals surface area contributed by atoms with Gasteiger partial charge in [-0.25, -0.2) is 0 Å². The van der Waals surface area contributed by atoms with Crippen molar-refractivity contribution in [3.05, 3.63) is 59.2 Å². The van der Waals surface area contributed by atoms with Gasteiger partial charge in [-0.1, -0.05) is 12.1 Å². The molecule has 1 amide bonds. The summed E-state index contributed by atoms with van der Waals surface area (Å²) in [6.45, 7) is 1.03. The average Bonchev–Trinajstić information content (AvgIpc) is 2.65. The number of nitrogens with one attached hydrogen (secondary N) is 1. The number of hydrogen-bond donors (Lipinski definition) is 2. The van der Waals surface area contributed by atoms with Gasteiger partial charge in [-0.2, -0.15) is 31.6 Å². The van der Waals surface area contributed by atoms with Crippen molar-refractivity contribution >= 4 is 23.4 Å². The van der Waals surface area contributed by atoms with Crippen LogP contribution in [0.3, 0.4) is 0 Å². The van der Waals surface area contributed by atoms with Gasteiger partial charge in [0.05, 0.1) is 22.8 Å². The predicted octanol–water partition coefficient (Wildman–Crippen LogP) is 5.08. The summed E-state index contributed by atoms with van der Waals surface area (Å²) in [5.74, 6) is -1.61. The van der Waals surface area contributed by atoms with Crippen LogP contribution in [0.25, 0.3) is 0 Å². The Morgan fingerprint density at radius 2 is 1.67 bits per heavy atom. The van der Waals surface area contributed by atoms with Gasteiger partial charge in [0.2, 0.25) is 0 Å². The summed E-state index contributed by atoms with van der Waals surface area (Å²) < 4.78 is 78.2. The highest BCUT2D eigenvalue weighted by atomic mass is 32.2. The molecule has 1 atom stereocenters. The van der Waals surface area contributed by atoms with Crippen molar-refractivity contribution < 1.29 is 36.2 Å². The Morgan fingerprint density at radius 1 is 1.07 bits per heavy atom. The number of benzene rings is 2. The van der Waals surface area contributed by atoms with Crippen LogP contribution in [-0.4, -0.2) is 22.4 Å². The number of alkyl halides is 6. The molecule has 0 spiro atoms. The number of rotatable bonds is 5. The SMILES string of the molecule is CC(O)(CSc1ccccc1C(F)(F)F)C(=O)Nc1ccc(C#N)c(C(F)(F)F)c1. The number of amides is 1. The van der Waals surface area contributed by atoms with Crippen molar-refractivity contribution in [2.24, 2.45) is 0 Å². The average molecular weight is 448 g/mol. The number of nitriles is 1. The first-order chi connectivity index (χ1) is 13.8. The van der Waals surface area contributed by atoms with E-state index in [2.05, 4.69) is 5.32 Å². The summed E-state index contributed by atoms with van der Waals surface area (Å²) in [5, 5.41) is 21.2. The number of carbonyl (C=O) groups excluding carboxylic acids is 1. The summed E-state index contributed by atoms with van der Waals surface area (Å²) in [6, 6.07) is 8.43. The van der Waals surface area contributed by atoms with Crippen LogP contribution in [0.4, 0.5) is 32.0 Å². The summed E-state index contributed by atoms with van der Waals surface area (Å²) in [4.78, 5) is 12.1. The molecule has 2 rings (SSSR count). The van der Waals surface area contributed by atoms with E-state index >= 15 is 0 Å². The molecule has 1 unspecified atom stereocenters. The number of anilines is 1. The molecule has 0 aromatic heterocycles. The molecule has 0 fully saturated rings. The molecular formula is C19H14F6N2O2S. The molecule has 0 aliphatic heterocycles. The number of carbonyl (C=O) groups is 1. The third-order valence-corrected chi connectivity index (χ3v) is 5.27. The van der Waals surface area contributed by atoms with E-state index in [9.17, 15) is 36.2 Å². The van der Waals surface area contributed by atoms with E-state index in [1.807, 2.05) is 0 Å². The van der Waals surface area contributed by atoms with Crippen LogP contribution < -0.4 is 5.32 Å². The Bertz CT molecular complexity index is 980. The number of hydrogen-bond acceptors (Lipinski definition) is 4. The second kappa shape index (κ2) is 8.57. The van der Waals surface area contributed by atoms with E-state index in [1.165, 1.54) is 24.3 Å². The summed E-state index contributed by atoms with van der Waals surface area (Å²) in [7, 11) is 0. The Balaban J connectivity index is 2.17. The normalized spacial score (nSPS) is 14.0. The number of nitrogens with zero attached hydrogens (tertiary/aromatic N) is 1. The molecule has 0 heterocycles. The minimum Gasteiger partial charge on any atom is -0.379 e. The lowest BCUT2D eigenvalue weighted by atomic mass is 10.1. The zero-order valence-corrected chi connectivity index (χ0v) is 16.0. The van der Waals surface area contributed by atoms with Crippen molar-refractivity contribution in [2.45, 2.75) is 29.8 Å². The highest BCUT2D eigenvalue weighted by molar-refractivity contribution is 7.99. The maximum atomic E-state index is 13.0. The summed E-state index contributed by atoms with van der Waals surface area (Å²) >= 11 is 0.579. The molecule has 2 N–H and O–H groups in total. The Hall–Kier alpha value is -2.71. The smallest absolute Gasteiger partial charge is 0.379 e. The largest absolute Gasteiger partial charge is 0.417 e. The van der Waals surface area contributed by atoms with Crippen molar-refractivity contribution in [2.75, 3.05) is 11.1 Å². The second-order valence-electron chi connectivity index (χ2n) is 6.38. The van der Waals surface area contributed by atoms with E-state index in [4.69, 9.17) is 5.26 Å². The molecule has 0 saturated heterocycles. The third-order valence-electron chi connectivity index (χ3n) is 3.89. The molecule has 4 nitrogen and oxygen atoms in total. The quantitative estimate of drug-likeness (QED) is 0.495. The topological polar surface area (TPSA) is 73.1 Å². The van der Waals surface area contributed by atoms with E-state index in [1.54, 1.807) is 0 Å².